The van der Waals surface area contributed by atoms with Crippen LogP contribution in [-0.2, 0) is 16.1 Å². The first kappa shape index (κ1) is 15.6. The smallest absolute Gasteiger partial charge is 0.323 e. The van der Waals surface area contributed by atoms with Gasteiger partial charge in [-0.25, -0.2) is 0 Å². The standard InChI is InChI=1S/C14H19NO3S/c1-11(19-2)8-13(16)15(10-14(17)18)9-12-6-4-3-5-7-12/h3-7,11H,8-10H2,1-2H3,(H,17,18). The van der Waals surface area contributed by atoms with Crippen LogP contribution in [0.5, 0.6) is 0 Å². The average Bonchev–Trinajstić information content (AvgIpc) is 2.38. The third-order valence-electron chi connectivity index (χ3n) is 2.76. The lowest BCUT2D eigenvalue weighted by Gasteiger charge is -2.22. The van der Waals surface area contributed by atoms with Crippen molar-refractivity contribution in [3.63, 3.8) is 0 Å². The molecule has 1 rings (SSSR count). The Morgan fingerprint density at radius 1 is 1.32 bits per heavy atom. The average molecular weight is 281 g/mol. The van der Waals surface area contributed by atoms with Gasteiger partial charge in [-0.3, -0.25) is 9.59 Å². The Balaban J connectivity index is 2.71. The highest BCUT2D eigenvalue weighted by Crippen LogP contribution is 2.13. The Labute approximate surface area is 117 Å². The molecule has 1 amide bonds. The molecule has 1 aromatic carbocycles. The summed E-state index contributed by atoms with van der Waals surface area (Å²) in [5.74, 6) is -1.10. The van der Waals surface area contributed by atoms with Gasteiger partial charge in [-0.05, 0) is 11.8 Å². The van der Waals surface area contributed by atoms with Gasteiger partial charge in [-0.1, -0.05) is 37.3 Å². The minimum absolute atomic E-state index is 0.117. The lowest BCUT2D eigenvalue weighted by molar-refractivity contribution is -0.144. The third-order valence-corrected chi connectivity index (χ3v) is 3.73. The van der Waals surface area contributed by atoms with E-state index in [2.05, 4.69) is 0 Å². The van der Waals surface area contributed by atoms with Gasteiger partial charge in [-0.2, -0.15) is 11.8 Å². The zero-order valence-corrected chi connectivity index (χ0v) is 12.0. The van der Waals surface area contributed by atoms with Crippen molar-refractivity contribution in [2.75, 3.05) is 12.8 Å². The van der Waals surface area contributed by atoms with Crippen molar-refractivity contribution in [1.29, 1.82) is 0 Å². The largest absolute Gasteiger partial charge is 0.480 e. The van der Waals surface area contributed by atoms with Gasteiger partial charge < -0.3 is 10.0 Å². The van der Waals surface area contributed by atoms with Crippen LogP contribution in [0.15, 0.2) is 30.3 Å². The summed E-state index contributed by atoms with van der Waals surface area (Å²) in [4.78, 5) is 24.4. The molecular formula is C14H19NO3S. The first-order valence-corrected chi connectivity index (χ1v) is 7.38. The van der Waals surface area contributed by atoms with Crippen molar-refractivity contribution in [2.24, 2.45) is 0 Å². The molecule has 1 N–H and O–H groups in total. The molecule has 19 heavy (non-hydrogen) atoms. The number of carbonyl (C=O) groups is 2. The van der Waals surface area contributed by atoms with Crippen molar-refractivity contribution < 1.29 is 14.7 Å². The number of carboxylic acids is 1. The fourth-order valence-electron chi connectivity index (χ4n) is 1.66. The number of carboxylic acid groups (broad SMARTS) is 1. The highest BCUT2D eigenvalue weighted by Gasteiger charge is 2.19. The number of benzene rings is 1. The van der Waals surface area contributed by atoms with Gasteiger partial charge >= 0.3 is 5.97 Å². The highest BCUT2D eigenvalue weighted by molar-refractivity contribution is 7.99. The maximum atomic E-state index is 12.1. The fraction of sp³-hybridized carbons (Fsp3) is 0.429. The molecule has 4 nitrogen and oxygen atoms in total. The predicted octanol–water partition coefficient (Wildman–Crippen LogP) is 2.24. The number of amides is 1. The molecule has 0 spiro atoms. The molecule has 0 heterocycles. The van der Waals surface area contributed by atoms with Crippen LogP contribution in [0.25, 0.3) is 0 Å². The van der Waals surface area contributed by atoms with Crippen molar-refractivity contribution in [3.05, 3.63) is 35.9 Å². The van der Waals surface area contributed by atoms with Crippen molar-refractivity contribution in [3.8, 4) is 0 Å². The molecule has 0 fully saturated rings. The van der Waals surface area contributed by atoms with Crippen LogP contribution in [0, 0.1) is 0 Å². The molecular weight excluding hydrogens is 262 g/mol. The van der Waals surface area contributed by atoms with E-state index < -0.39 is 5.97 Å². The molecule has 5 heteroatoms. The number of carbonyl (C=O) groups excluding carboxylic acids is 1. The Bertz CT molecular complexity index is 422. The van der Waals surface area contributed by atoms with Crippen molar-refractivity contribution >= 4 is 23.6 Å². The molecule has 0 radical (unpaired) electrons. The van der Waals surface area contributed by atoms with Crippen LogP contribution in [-0.4, -0.2) is 39.9 Å². The molecule has 0 aliphatic carbocycles. The van der Waals surface area contributed by atoms with Crippen LogP contribution < -0.4 is 0 Å². The van der Waals surface area contributed by atoms with E-state index in [4.69, 9.17) is 5.11 Å². The number of hydrogen-bond donors (Lipinski definition) is 1. The van der Waals surface area contributed by atoms with Crippen molar-refractivity contribution in [1.82, 2.24) is 4.90 Å². The van der Waals surface area contributed by atoms with Gasteiger partial charge in [0, 0.05) is 18.2 Å². The number of rotatable bonds is 7. The number of hydrogen-bond acceptors (Lipinski definition) is 3. The van der Waals surface area contributed by atoms with Crippen LogP contribution in [0.3, 0.4) is 0 Å². The first-order chi connectivity index (χ1) is 9.02. The van der Waals surface area contributed by atoms with E-state index in [0.717, 1.165) is 5.56 Å². The summed E-state index contributed by atoms with van der Waals surface area (Å²) in [6.45, 7) is 2.05. The second-order valence-corrected chi connectivity index (χ2v) is 5.66. The number of aliphatic carboxylic acids is 1. The number of thioether (sulfide) groups is 1. The molecule has 0 saturated heterocycles. The van der Waals surface area contributed by atoms with Gasteiger partial charge in [-0.15, -0.1) is 0 Å². The zero-order chi connectivity index (χ0) is 14.3. The Kier molecular flexibility index (Phi) is 6.42. The molecule has 1 unspecified atom stereocenters. The van der Waals surface area contributed by atoms with E-state index in [1.165, 1.54) is 4.90 Å². The molecule has 0 bridgehead atoms. The predicted molar refractivity (Wildman–Crippen MR) is 77.1 cm³/mol. The quantitative estimate of drug-likeness (QED) is 0.832. The Morgan fingerprint density at radius 2 is 1.95 bits per heavy atom. The second kappa shape index (κ2) is 7.84. The maximum Gasteiger partial charge on any atom is 0.323 e. The van der Waals surface area contributed by atoms with Gasteiger partial charge in [0.25, 0.3) is 0 Å². The molecule has 1 atom stereocenters. The van der Waals surface area contributed by atoms with Crippen LogP contribution in [0.1, 0.15) is 18.9 Å². The summed E-state index contributed by atoms with van der Waals surface area (Å²) in [6.07, 6.45) is 2.30. The zero-order valence-electron chi connectivity index (χ0n) is 11.2. The van der Waals surface area contributed by atoms with Gasteiger partial charge in [0.1, 0.15) is 6.54 Å². The topological polar surface area (TPSA) is 57.6 Å². The lowest BCUT2D eigenvalue weighted by Crippen LogP contribution is -2.36. The SMILES string of the molecule is CSC(C)CC(=O)N(CC(=O)O)Cc1ccccc1. The molecule has 1 aromatic rings. The minimum Gasteiger partial charge on any atom is -0.480 e. The first-order valence-electron chi connectivity index (χ1n) is 6.09. The minimum atomic E-state index is -0.985. The van der Waals surface area contributed by atoms with Gasteiger partial charge in [0.2, 0.25) is 5.91 Å². The van der Waals surface area contributed by atoms with E-state index in [1.807, 2.05) is 43.5 Å². The Morgan fingerprint density at radius 3 is 2.47 bits per heavy atom. The fourth-order valence-corrected chi connectivity index (χ4v) is 1.97. The van der Waals surface area contributed by atoms with E-state index in [1.54, 1.807) is 11.8 Å². The lowest BCUT2D eigenvalue weighted by atomic mass is 10.2. The molecule has 0 aliphatic rings. The van der Waals surface area contributed by atoms with Crippen molar-refractivity contribution in [2.45, 2.75) is 25.1 Å². The molecule has 104 valence electrons. The summed E-state index contributed by atoms with van der Waals surface area (Å²) < 4.78 is 0. The molecule has 0 aliphatic heterocycles. The summed E-state index contributed by atoms with van der Waals surface area (Å²) in [6, 6.07) is 9.43. The van der Waals surface area contributed by atoms with Gasteiger partial charge in [0.05, 0.1) is 0 Å². The van der Waals surface area contributed by atoms with E-state index >= 15 is 0 Å². The van der Waals surface area contributed by atoms with Gasteiger partial charge in [0.15, 0.2) is 0 Å². The third kappa shape index (κ3) is 5.79. The van der Waals surface area contributed by atoms with E-state index in [-0.39, 0.29) is 17.7 Å². The summed E-state index contributed by atoms with van der Waals surface area (Å²) in [7, 11) is 0. The van der Waals surface area contributed by atoms with E-state index in [9.17, 15) is 9.59 Å². The second-order valence-electron chi connectivity index (χ2n) is 4.38. The summed E-state index contributed by atoms with van der Waals surface area (Å²) >= 11 is 1.60. The van der Waals surface area contributed by atoms with Crippen LogP contribution in [0.4, 0.5) is 0 Å². The Hall–Kier alpha value is -1.49. The molecule has 0 saturated carbocycles. The van der Waals surface area contributed by atoms with Crippen LogP contribution >= 0.6 is 11.8 Å². The summed E-state index contributed by atoms with van der Waals surface area (Å²) in [5.41, 5.74) is 0.939. The van der Waals surface area contributed by atoms with E-state index in [0.29, 0.717) is 13.0 Å². The summed E-state index contributed by atoms with van der Waals surface area (Å²) in [5, 5.41) is 9.10. The molecule has 0 aromatic heterocycles. The van der Waals surface area contributed by atoms with Crippen LogP contribution in [0.2, 0.25) is 0 Å². The normalized spacial score (nSPS) is 11.9. The monoisotopic (exact) mass is 281 g/mol. The highest BCUT2D eigenvalue weighted by atomic mass is 32.2. The number of nitrogens with zero attached hydrogens (tertiary/aromatic N) is 1. The maximum absolute atomic E-state index is 12.1.